The molecule has 0 spiro atoms. The van der Waals surface area contributed by atoms with E-state index in [-0.39, 0.29) is 22.8 Å². The van der Waals surface area contributed by atoms with Crippen molar-refractivity contribution in [2.75, 3.05) is 35.8 Å². The van der Waals surface area contributed by atoms with Crippen molar-refractivity contribution >= 4 is 40.9 Å². The first-order chi connectivity index (χ1) is 31.3. The molecule has 3 aromatic carbocycles. The molecule has 0 bridgehead atoms. The summed E-state index contributed by atoms with van der Waals surface area (Å²) in [6, 6.07) is 5.93. The summed E-state index contributed by atoms with van der Waals surface area (Å²) in [5, 5.41) is 57.2. The highest BCUT2D eigenvalue weighted by Crippen LogP contribution is 2.33. The van der Waals surface area contributed by atoms with Crippen LogP contribution in [0.15, 0.2) is 72.8 Å². The maximum absolute atomic E-state index is 13.9. The van der Waals surface area contributed by atoms with E-state index in [9.17, 15) is 65.9 Å². The Bertz CT molecular complexity index is 2100. The van der Waals surface area contributed by atoms with Gasteiger partial charge in [-0.1, -0.05) is 44.7 Å². The van der Waals surface area contributed by atoms with Gasteiger partial charge in [-0.2, -0.15) is 26.3 Å². The Balaban J connectivity index is 1.42. The van der Waals surface area contributed by atoms with E-state index in [4.69, 9.17) is 14.2 Å². The largest absolute Gasteiger partial charge is 0.416 e. The highest BCUT2D eigenvalue weighted by molar-refractivity contribution is 5.96. The van der Waals surface area contributed by atoms with Crippen molar-refractivity contribution in [2.24, 2.45) is 0 Å². The average Bonchev–Trinajstić information content (AvgIpc) is 3.26. The second kappa shape index (κ2) is 23.3. The number of aliphatic hydroxyl groups is 4. The normalized spacial score (nSPS) is 24.4. The van der Waals surface area contributed by atoms with E-state index in [2.05, 4.69) is 38.8 Å². The molecule has 2 aliphatic rings. The molecule has 66 heavy (non-hydrogen) atoms. The number of aliphatic hydroxyl groups excluding tert-OH is 4. The smallest absolute Gasteiger partial charge is 0.394 e. The second-order valence-corrected chi connectivity index (χ2v) is 15.6. The van der Waals surface area contributed by atoms with Gasteiger partial charge >= 0.3 is 24.4 Å². The average molecular weight is 943 g/mol. The molecule has 9 atom stereocenters. The fourth-order valence-electron chi connectivity index (χ4n) is 7.29. The summed E-state index contributed by atoms with van der Waals surface area (Å²) >= 11 is 0. The number of carbonyl (C=O) groups is 4. The van der Waals surface area contributed by atoms with Crippen LogP contribution in [0, 0.1) is 0 Å². The molecule has 0 aromatic heterocycles. The molecule has 362 valence electrons. The van der Waals surface area contributed by atoms with Gasteiger partial charge in [0.05, 0.1) is 43.0 Å². The van der Waals surface area contributed by atoms with Crippen molar-refractivity contribution in [3.8, 4) is 0 Å². The molecule has 0 radical (unpaired) electrons. The first-order valence-electron chi connectivity index (χ1n) is 21.0. The maximum Gasteiger partial charge on any atom is 0.416 e. The maximum atomic E-state index is 13.9. The van der Waals surface area contributed by atoms with Crippen molar-refractivity contribution < 1.29 is 80.2 Å². The van der Waals surface area contributed by atoms with Crippen LogP contribution in [0.25, 0.3) is 0 Å². The third-order valence-corrected chi connectivity index (χ3v) is 10.7. The lowest BCUT2D eigenvalue weighted by Crippen LogP contribution is -2.70. The van der Waals surface area contributed by atoms with E-state index in [1.807, 2.05) is 0 Å². The van der Waals surface area contributed by atoms with Crippen LogP contribution >= 0.6 is 0 Å². The van der Waals surface area contributed by atoms with Gasteiger partial charge in [-0.3, -0.25) is 9.59 Å². The van der Waals surface area contributed by atoms with Crippen LogP contribution in [-0.4, -0.2) is 119 Å². The number of amides is 6. The highest BCUT2D eigenvalue weighted by Gasteiger charge is 2.50. The van der Waals surface area contributed by atoms with Gasteiger partial charge in [0.1, 0.15) is 36.6 Å². The van der Waals surface area contributed by atoms with Gasteiger partial charge in [0.2, 0.25) is 5.91 Å². The first kappa shape index (κ1) is 51.4. The molecule has 10 N–H and O–H groups in total. The van der Waals surface area contributed by atoms with Crippen LogP contribution in [0.1, 0.15) is 66.9 Å². The fourth-order valence-corrected chi connectivity index (χ4v) is 7.29. The lowest BCUT2D eigenvalue weighted by Gasteiger charge is -2.47. The monoisotopic (exact) mass is 942 g/mol. The predicted octanol–water partition coefficient (Wildman–Crippen LogP) is 4.72. The molecule has 17 nitrogen and oxygen atoms in total. The summed E-state index contributed by atoms with van der Waals surface area (Å²) in [7, 11) is 0. The first-order valence-corrected chi connectivity index (χ1v) is 21.0. The summed E-state index contributed by atoms with van der Waals surface area (Å²) in [6.45, 7) is -0.132. The molecule has 3 aromatic rings. The van der Waals surface area contributed by atoms with Gasteiger partial charge in [-0.05, 0) is 67.1 Å². The molecular weight excluding hydrogens is 890 g/mol. The lowest BCUT2D eigenvalue weighted by atomic mass is 9.93. The molecule has 23 heteroatoms. The van der Waals surface area contributed by atoms with Gasteiger partial charge in [-0.15, -0.1) is 0 Å². The molecule has 0 unspecified atom stereocenters. The van der Waals surface area contributed by atoms with Crippen LogP contribution in [0.4, 0.5) is 53.0 Å². The SMILES string of the molecule is CCCCCCCC(=O)Nc1ccc(C(=O)N[C@@H]2[C@H](O[C@@H]3O[C@H](CO)[C@@H](O)[C@H](O)[C@H]3NC(=O)Nc3cccc(C(F)(F)F)c3)[C@@H](NC(=O)Nc3cccc(C(F)(F)F)c3)CO[C@@H]2CO)cc1. The third-order valence-electron chi connectivity index (χ3n) is 10.7. The van der Waals surface area contributed by atoms with Crippen LogP contribution in [0.5, 0.6) is 0 Å². The molecule has 2 heterocycles. The molecule has 0 saturated carbocycles. The molecule has 6 amide bonds. The van der Waals surface area contributed by atoms with Gasteiger partial charge in [0.15, 0.2) is 6.29 Å². The van der Waals surface area contributed by atoms with E-state index in [0.29, 0.717) is 30.7 Å². The topological polar surface area (TPSA) is 249 Å². The number of nitrogens with one attached hydrogen (secondary N) is 6. The number of ether oxygens (including phenoxy) is 3. The molecular formula is C43H52F6N6O11. The number of hydrogen-bond acceptors (Lipinski definition) is 11. The minimum atomic E-state index is -4.77. The Kier molecular flexibility index (Phi) is 18.1. The summed E-state index contributed by atoms with van der Waals surface area (Å²) in [5.74, 6) is -1.03. The van der Waals surface area contributed by atoms with E-state index < -0.39 is 116 Å². The number of anilines is 3. The lowest BCUT2D eigenvalue weighted by molar-refractivity contribution is -0.293. The summed E-state index contributed by atoms with van der Waals surface area (Å²) in [6.07, 6.45) is -14.8. The second-order valence-electron chi connectivity index (χ2n) is 15.6. The van der Waals surface area contributed by atoms with Crippen LogP contribution in [-0.2, 0) is 31.4 Å². The summed E-state index contributed by atoms with van der Waals surface area (Å²) in [4.78, 5) is 53.0. The number of benzene rings is 3. The van der Waals surface area contributed by atoms with Crippen molar-refractivity contribution in [3.05, 3.63) is 89.5 Å². The molecule has 2 fully saturated rings. The minimum absolute atomic E-state index is 0.0268. The van der Waals surface area contributed by atoms with Crippen LogP contribution in [0.3, 0.4) is 0 Å². The molecule has 5 rings (SSSR count). The fraction of sp³-hybridized carbons (Fsp3) is 0.488. The van der Waals surface area contributed by atoms with Gasteiger partial charge < -0.3 is 66.5 Å². The van der Waals surface area contributed by atoms with E-state index >= 15 is 0 Å². The van der Waals surface area contributed by atoms with E-state index in [1.54, 1.807) is 0 Å². The molecule has 2 saturated heterocycles. The third kappa shape index (κ3) is 14.2. The Labute approximate surface area is 374 Å². The zero-order valence-electron chi connectivity index (χ0n) is 35.4. The summed E-state index contributed by atoms with van der Waals surface area (Å²) < 4.78 is 98.4. The number of rotatable bonds is 17. The Morgan fingerprint density at radius 1 is 0.682 bits per heavy atom. The highest BCUT2D eigenvalue weighted by atomic mass is 19.4. The van der Waals surface area contributed by atoms with Crippen molar-refractivity contribution in [3.63, 3.8) is 0 Å². The number of halogens is 6. The van der Waals surface area contributed by atoms with Crippen molar-refractivity contribution in [1.29, 1.82) is 0 Å². The Hall–Kier alpha value is -5.56. The van der Waals surface area contributed by atoms with Crippen molar-refractivity contribution in [1.82, 2.24) is 16.0 Å². The summed E-state index contributed by atoms with van der Waals surface area (Å²) in [5.41, 5.74) is -2.37. The Morgan fingerprint density at radius 2 is 1.26 bits per heavy atom. The quantitative estimate of drug-likeness (QED) is 0.0656. The van der Waals surface area contributed by atoms with Crippen LogP contribution in [0.2, 0.25) is 0 Å². The zero-order valence-corrected chi connectivity index (χ0v) is 35.4. The molecule has 0 aliphatic carbocycles. The number of alkyl halides is 6. The zero-order chi connectivity index (χ0) is 48.2. The van der Waals surface area contributed by atoms with Crippen molar-refractivity contribution in [2.45, 2.75) is 113 Å². The van der Waals surface area contributed by atoms with Crippen LogP contribution < -0.4 is 31.9 Å². The van der Waals surface area contributed by atoms with Gasteiger partial charge in [-0.25, -0.2) is 9.59 Å². The van der Waals surface area contributed by atoms with E-state index in [1.165, 1.54) is 30.3 Å². The Morgan fingerprint density at radius 3 is 1.82 bits per heavy atom. The number of carbonyl (C=O) groups excluding carboxylic acids is 4. The number of unbranched alkanes of at least 4 members (excludes halogenated alkanes) is 4. The predicted molar refractivity (Wildman–Crippen MR) is 224 cm³/mol. The number of hydrogen-bond donors (Lipinski definition) is 10. The van der Waals surface area contributed by atoms with E-state index in [0.717, 1.165) is 56.0 Å². The molecule has 2 aliphatic heterocycles. The van der Waals surface area contributed by atoms with Gasteiger partial charge in [0, 0.05) is 29.0 Å². The minimum Gasteiger partial charge on any atom is -0.394 e. The standard InChI is InChI=1S/C43H52F6N6O11/c1-2-3-4-5-6-13-32(58)50-26-16-14-23(15-17-26)38(61)54-33-30(20-56)64-22-29(53-40(62)51-27-11-7-9-24(18-27)42(44,45)46)37(33)66-39-34(36(60)35(59)31(21-57)65-39)55-41(63)52-28-12-8-10-25(19-28)43(47,48)49/h7-12,14-19,29-31,33-37,39,56-57,59-60H,2-6,13,20-22H2,1H3,(H,50,58)(H,54,61)(H2,51,53,62)(H2,52,55,63)/t29-,30+,31+,33-,34+,35+,36+,37+,39-/m0/s1. The van der Waals surface area contributed by atoms with Gasteiger partial charge in [0.25, 0.3) is 5.91 Å². The number of urea groups is 2.